The molecule has 0 spiro atoms. The Morgan fingerprint density at radius 2 is 1.96 bits per heavy atom. The number of hydrogen-bond acceptors (Lipinski definition) is 6. The van der Waals surface area contributed by atoms with Crippen molar-refractivity contribution >= 4 is 15.7 Å². The number of nitrogens with zero attached hydrogens (tertiary/aromatic N) is 2. The van der Waals surface area contributed by atoms with Crippen LogP contribution in [0.1, 0.15) is 16.7 Å². The number of aromatic nitrogens is 2. The normalized spacial score (nSPS) is 13.7. The van der Waals surface area contributed by atoms with Gasteiger partial charge in [0, 0.05) is 38.5 Å². The van der Waals surface area contributed by atoms with Crippen LogP contribution < -0.4 is 20.9 Å². The summed E-state index contributed by atoms with van der Waals surface area (Å²) in [5, 5.41) is 3.18. The zero-order valence-corrected chi connectivity index (χ0v) is 16.7. The standard InChI is InChI=1S/C18H24N4O5S/c1-27-9-8-21-12-15(17(23)20-18(21)24)11-19-10-14-5-3-4-13-6-7-22(16(13)14)28(2,25)26/h3-5,12,19H,6-11H2,1-2H3,(H,20,23,24). The van der Waals surface area contributed by atoms with Crippen molar-refractivity contribution in [1.29, 1.82) is 0 Å². The molecule has 2 heterocycles. The van der Waals surface area contributed by atoms with E-state index in [2.05, 4.69) is 10.3 Å². The van der Waals surface area contributed by atoms with Crippen LogP contribution in [0.15, 0.2) is 34.0 Å². The highest BCUT2D eigenvalue weighted by molar-refractivity contribution is 7.92. The van der Waals surface area contributed by atoms with Gasteiger partial charge in [0.25, 0.3) is 5.56 Å². The highest BCUT2D eigenvalue weighted by Crippen LogP contribution is 2.33. The minimum Gasteiger partial charge on any atom is -0.383 e. The average molecular weight is 408 g/mol. The first kappa shape index (κ1) is 20.3. The van der Waals surface area contributed by atoms with Gasteiger partial charge in [0.05, 0.1) is 25.1 Å². The van der Waals surface area contributed by atoms with E-state index in [0.29, 0.717) is 38.2 Å². The van der Waals surface area contributed by atoms with Gasteiger partial charge in [0.1, 0.15) is 0 Å². The largest absolute Gasteiger partial charge is 0.383 e. The Morgan fingerprint density at radius 1 is 1.21 bits per heavy atom. The van der Waals surface area contributed by atoms with E-state index in [-0.39, 0.29) is 6.54 Å². The molecule has 0 unspecified atom stereocenters. The topological polar surface area (TPSA) is 114 Å². The van der Waals surface area contributed by atoms with Gasteiger partial charge in [-0.15, -0.1) is 0 Å². The molecule has 0 saturated carbocycles. The Morgan fingerprint density at radius 3 is 2.68 bits per heavy atom. The monoisotopic (exact) mass is 408 g/mol. The molecule has 0 aliphatic carbocycles. The van der Waals surface area contributed by atoms with Crippen molar-refractivity contribution in [1.82, 2.24) is 14.9 Å². The average Bonchev–Trinajstić information content (AvgIpc) is 3.08. The molecule has 1 aliphatic rings. The number of sulfonamides is 1. The maximum Gasteiger partial charge on any atom is 0.328 e. The lowest BCUT2D eigenvalue weighted by Gasteiger charge is -2.20. The van der Waals surface area contributed by atoms with Crippen molar-refractivity contribution < 1.29 is 13.2 Å². The SMILES string of the molecule is COCCn1cc(CNCc2cccc3c2N(S(C)(=O)=O)CC3)c(=O)[nH]c1=O. The molecule has 9 nitrogen and oxygen atoms in total. The minimum atomic E-state index is -3.34. The number of para-hydroxylation sites is 1. The molecule has 0 fully saturated rings. The van der Waals surface area contributed by atoms with E-state index in [4.69, 9.17) is 4.74 Å². The molecule has 0 bridgehead atoms. The van der Waals surface area contributed by atoms with E-state index in [1.807, 2.05) is 18.2 Å². The Balaban J connectivity index is 1.76. The molecule has 0 saturated heterocycles. The summed E-state index contributed by atoms with van der Waals surface area (Å²) in [4.78, 5) is 26.2. The van der Waals surface area contributed by atoms with E-state index in [1.165, 1.54) is 28.4 Å². The Bertz CT molecular complexity index is 1070. The van der Waals surface area contributed by atoms with Gasteiger partial charge in [0.15, 0.2) is 0 Å². The van der Waals surface area contributed by atoms with Crippen LogP contribution in [0, 0.1) is 0 Å². The summed E-state index contributed by atoms with van der Waals surface area (Å²) in [5.41, 5.74) is 2.07. The van der Waals surface area contributed by atoms with Gasteiger partial charge >= 0.3 is 5.69 Å². The van der Waals surface area contributed by atoms with E-state index in [1.54, 1.807) is 0 Å². The number of nitrogens with one attached hydrogen (secondary N) is 2. The van der Waals surface area contributed by atoms with Gasteiger partial charge in [-0.1, -0.05) is 18.2 Å². The smallest absolute Gasteiger partial charge is 0.328 e. The number of methoxy groups -OCH3 is 1. The quantitative estimate of drug-likeness (QED) is 0.625. The molecule has 152 valence electrons. The van der Waals surface area contributed by atoms with Crippen molar-refractivity contribution in [3.8, 4) is 0 Å². The van der Waals surface area contributed by atoms with E-state index >= 15 is 0 Å². The van der Waals surface area contributed by atoms with Crippen LogP contribution in [0.4, 0.5) is 5.69 Å². The molecular weight excluding hydrogens is 384 g/mol. The first-order valence-corrected chi connectivity index (χ1v) is 10.8. The molecule has 10 heteroatoms. The van der Waals surface area contributed by atoms with Crippen molar-refractivity contribution in [3.63, 3.8) is 0 Å². The summed E-state index contributed by atoms with van der Waals surface area (Å²) in [6, 6.07) is 5.71. The van der Waals surface area contributed by atoms with Crippen molar-refractivity contribution in [2.45, 2.75) is 26.1 Å². The summed E-state index contributed by atoms with van der Waals surface area (Å²) < 4.78 is 31.9. The van der Waals surface area contributed by atoms with Crippen LogP contribution in [0.3, 0.4) is 0 Å². The molecule has 1 aromatic heterocycles. The molecule has 0 atom stereocenters. The number of aromatic amines is 1. The van der Waals surface area contributed by atoms with Crippen LogP contribution in [-0.2, 0) is 40.8 Å². The van der Waals surface area contributed by atoms with E-state index in [0.717, 1.165) is 16.8 Å². The Hall–Kier alpha value is -2.43. The number of H-pyrrole nitrogens is 1. The zero-order valence-electron chi connectivity index (χ0n) is 15.9. The van der Waals surface area contributed by atoms with Crippen LogP contribution in [0.2, 0.25) is 0 Å². The predicted molar refractivity (Wildman–Crippen MR) is 106 cm³/mol. The zero-order chi connectivity index (χ0) is 20.3. The molecule has 28 heavy (non-hydrogen) atoms. The summed E-state index contributed by atoms with van der Waals surface area (Å²) in [7, 11) is -1.80. The second-order valence-corrected chi connectivity index (χ2v) is 8.62. The molecule has 2 aromatic rings. The molecule has 1 aliphatic heterocycles. The third-order valence-electron chi connectivity index (χ3n) is 4.69. The fourth-order valence-corrected chi connectivity index (χ4v) is 4.33. The summed E-state index contributed by atoms with van der Waals surface area (Å²) in [5.74, 6) is 0. The number of rotatable bonds is 8. The summed E-state index contributed by atoms with van der Waals surface area (Å²) in [6.45, 7) is 1.78. The van der Waals surface area contributed by atoms with Gasteiger partial charge in [-0.25, -0.2) is 13.2 Å². The number of benzene rings is 1. The maximum atomic E-state index is 12.1. The summed E-state index contributed by atoms with van der Waals surface area (Å²) in [6.07, 6.45) is 3.40. The lowest BCUT2D eigenvalue weighted by atomic mass is 10.1. The van der Waals surface area contributed by atoms with Crippen LogP contribution >= 0.6 is 0 Å². The molecule has 0 radical (unpaired) electrons. The molecule has 3 rings (SSSR count). The van der Waals surface area contributed by atoms with Gasteiger partial charge in [-0.3, -0.25) is 18.7 Å². The number of fused-ring (bicyclic) bond motifs is 1. The van der Waals surface area contributed by atoms with Gasteiger partial charge in [-0.2, -0.15) is 0 Å². The van der Waals surface area contributed by atoms with Crippen LogP contribution in [0.25, 0.3) is 0 Å². The predicted octanol–water partition coefficient (Wildman–Crippen LogP) is -0.205. The summed E-state index contributed by atoms with van der Waals surface area (Å²) >= 11 is 0. The minimum absolute atomic E-state index is 0.241. The second-order valence-electron chi connectivity index (χ2n) is 6.71. The second kappa shape index (κ2) is 8.29. The first-order chi connectivity index (χ1) is 13.3. The van der Waals surface area contributed by atoms with Crippen molar-refractivity contribution in [2.75, 3.05) is 30.8 Å². The number of anilines is 1. The number of ether oxygens (including phenoxy) is 1. The van der Waals surface area contributed by atoms with Crippen molar-refractivity contribution in [3.05, 3.63) is 61.9 Å². The fraction of sp³-hybridized carbons (Fsp3) is 0.444. The third kappa shape index (κ3) is 4.34. The van der Waals surface area contributed by atoms with Gasteiger partial charge < -0.3 is 10.1 Å². The molecule has 0 amide bonds. The van der Waals surface area contributed by atoms with Crippen LogP contribution in [-0.4, -0.2) is 44.5 Å². The fourth-order valence-electron chi connectivity index (χ4n) is 3.34. The Kier molecular flexibility index (Phi) is 6.01. The van der Waals surface area contributed by atoms with Crippen molar-refractivity contribution in [2.24, 2.45) is 0 Å². The molecular formula is C18H24N4O5S. The molecule has 2 N–H and O–H groups in total. The third-order valence-corrected chi connectivity index (χ3v) is 5.85. The maximum absolute atomic E-state index is 12.1. The van der Waals surface area contributed by atoms with E-state index < -0.39 is 21.3 Å². The highest BCUT2D eigenvalue weighted by atomic mass is 32.2. The lowest BCUT2D eigenvalue weighted by Crippen LogP contribution is -2.34. The molecule has 1 aromatic carbocycles. The lowest BCUT2D eigenvalue weighted by molar-refractivity contribution is 0.185. The number of hydrogen-bond donors (Lipinski definition) is 2. The van der Waals surface area contributed by atoms with Gasteiger partial charge in [-0.05, 0) is 17.5 Å². The van der Waals surface area contributed by atoms with Crippen LogP contribution in [0.5, 0.6) is 0 Å². The first-order valence-electron chi connectivity index (χ1n) is 8.92. The van der Waals surface area contributed by atoms with E-state index in [9.17, 15) is 18.0 Å². The van der Waals surface area contributed by atoms with Gasteiger partial charge in [0.2, 0.25) is 10.0 Å². The Labute approximate surface area is 163 Å². The highest BCUT2D eigenvalue weighted by Gasteiger charge is 2.28.